The molecule has 3 aromatic rings. The number of nitro benzene ring substituents is 1. The van der Waals surface area contributed by atoms with E-state index in [4.69, 9.17) is 21.1 Å². The van der Waals surface area contributed by atoms with Crippen LogP contribution in [0.1, 0.15) is 20.7 Å². The number of halogens is 1. The van der Waals surface area contributed by atoms with Crippen LogP contribution in [0.2, 0.25) is 5.02 Å². The van der Waals surface area contributed by atoms with Crippen molar-refractivity contribution in [2.45, 2.75) is 0 Å². The molecule has 0 saturated carbocycles. The molecule has 0 aliphatic carbocycles. The molecule has 0 unspecified atom stereocenters. The van der Waals surface area contributed by atoms with E-state index in [1.165, 1.54) is 42.5 Å². The molecule has 33 heavy (non-hydrogen) atoms. The van der Waals surface area contributed by atoms with Gasteiger partial charge in [0.15, 0.2) is 12.4 Å². The fraction of sp³-hybridized carbons (Fsp3) is 0.0870. The van der Waals surface area contributed by atoms with Crippen LogP contribution in [-0.2, 0) is 9.53 Å². The van der Waals surface area contributed by atoms with Gasteiger partial charge >= 0.3 is 11.7 Å². The first kappa shape index (κ1) is 23.4. The molecule has 168 valence electrons. The summed E-state index contributed by atoms with van der Waals surface area (Å²) in [6, 6.07) is 18.1. The number of hydrogen-bond donors (Lipinski definition) is 1. The van der Waals surface area contributed by atoms with Crippen molar-refractivity contribution in [2.24, 2.45) is 0 Å². The van der Waals surface area contributed by atoms with Crippen LogP contribution in [0.3, 0.4) is 0 Å². The standard InChI is InChI=1S/C23H17ClN2O7/c24-17-8-11-21(19(12-17)26(30)31)33-18-9-6-15(7-10-18)20(27)14-32-22(28)13-25-23(29)16-4-2-1-3-5-16/h1-12H,13-14H2,(H,25,29). The molecule has 3 rings (SSSR count). The van der Waals surface area contributed by atoms with Gasteiger partial charge in [-0.05, 0) is 48.5 Å². The Labute approximate surface area is 193 Å². The monoisotopic (exact) mass is 468 g/mol. The van der Waals surface area contributed by atoms with E-state index >= 15 is 0 Å². The highest BCUT2D eigenvalue weighted by molar-refractivity contribution is 6.30. The Hall–Kier alpha value is -4.24. The molecule has 0 aliphatic heterocycles. The van der Waals surface area contributed by atoms with Gasteiger partial charge in [-0.1, -0.05) is 29.8 Å². The van der Waals surface area contributed by atoms with Gasteiger partial charge in [0, 0.05) is 22.2 Å². The average molecular weight is 469 g/mol. The van der Waals surface area contributed by atoms with Crippen LogP contribution in [0.4, 0.5) is 5.69 Å². The number of ether oxygens (including phenoxy) is 2. The highest BCUT2D eigenvalue weighted by atomic mass is 35.5. The van der Waals surface area contributed by atoms with E-state index in [2.05, 4.69) is 5.32 Å². The number of nitro groups is 1. The smallest absolute Gasteiger partial charge is 0.325 e. The van der Waals surface area contributed by atoms with Crippen molar-refractivity contribution < 1.29 is 28.8 Å². The van der Waals surface area contributed by atoms with Crippen LogP contribution in [0.5, 0.6) is 11.5 Å². The lowest BCUT2D eigenvalue weighted by atomic mass is 10.1. The van der Waals surface area contributed by atoms with Crippen molar-refractivity contribution in [3.05, 3.63) is 99.1 Å². The highest BCUT2D eigenvalue weighted by Crippen LogP contribution is 2.33. The first-order valence-corrected chi connectivity index (χ1v) is 9.95. The van der Waals surface area contributed by atoms with Gasteiger partial charge < -0.3 is 14.8 Å². The molecule has 0 spiro atoms. The molecule has 9 nitrogen and oxygen atoms in total. The van der Waals surface area contributed by atoms with Crippen LogP contribution in [0.15, 0.2) is 72.8 Å². The molecule has 0 aromatic heterocycles. The number of benzene rings is 3. The molecule has 0 heterocycles. The molecule has 1 amide bonds. The van der Waals surface area contributed by atoms with Crippen LogP contribution < -0.4 is 10.1 Å². The number of Topliss-reactive ketones (excluding diaryl/α,β-unsaturated/α-hetero) is 1. The van der Waals surface area contributed by atoms with Crippen LogP contribution in [-0.4, -0.2) is 35.7 Å². The molecular weight excluding hydrogens is 452 g/mol. The quantitative estimate of drug-likeness (QED) is 0.216. The predicted octanol–water partition coefficient (Wildman–Crippen LogP) is 4.20. The summed E-state index contributed by atoms with van der Waals surface area (Å²) >= 11 is 5.78. The van der Waals surface area contributed by atoms with E-state index in [-0.39, 0.29) is 34.3 Å². The zero-order valence-electron chi connectivity index (χ0n) is 17.0. The zero-order chi connectivity index (χ0) is 23.8. The second-order valence-corrected chi connectivity index (χ2v) is 7.06. The fourth-order valence-corrected chi connectivity index (χ4v) is 2.85. The summed E-state index contributed by atoms with van der Waals surface area (Å²) in [6.45, 7) is -0.892. The Morgan fingerprint density at radius 3 is 2.30 bits per heavy atom. The fourth-order valence-electron chi connectivity index (χ4n) is 2.68. The minimum atomic E-state index is -0.761. The molecule has 0 aliphatic rings. The van der Waals surface area contributed by atoms with Crippen LogP contribution >= 0.6 is 11.6 Å². The highest BCUT2D eigenvalue weighted by Gasteiger charge is 2.17. The second-order valence-electron chi connectivity index (χ2n) is 6.63. The van der Waals surface area contributed by atoms with E-state index < -0.39 is 29.2 Å². The number of nitrogens with zero attached hydrogens (tertiary/aromatic N) is 1. The Kier molecular flexibility index (Phi) is 7.72. The van der Waals surface area contributed by atoms with Crippen LogP contribution in [0.25, 0.3) is 0 Å². The number of esters is 1. The third-order valence-corrected chi connectivity index (χ3v) is 4.55. The number of ketones is 1. The third kappa shape index (κ3) is 6.62. The van der Waals surface area contributed by atoms with Crippen molar-refractivity contribution >= 4 is 34.9 Å². The van der Waals surface area contributed by atoms with Crippen molar-refractivity contribution in [1.82, 2.24) is 5.32 Å². The predicted molar refractivity (Wildman–Crippen MR) is 119 cm³/mol. The number of carbonyl (C=O) groups excluding carboxylic acids is 3. The molecule has 0 radical (unpaired) electrons. The Balaban J connectivity index is 1.51. The second kappa shape index (κ2) is 10.9. The molecular formula is C23H17ClN2O7. The summed E-state index contributed by atoms with van der Waals surface area (Å²) in [5, 5.41) is 13.8. The maximum Gasteiger partial charge on any atom is 0.325 e. The van der Waals surface area contributed by atoms with E-state index in [9.17, 15) is 24.5 Å². The maximum atomic E-state index is 12.2. The van der Waals surface area contributed by atoms with Gasteiger partial charge in [-0.15, -0.1) is 0 Å². The Bertz CT molecular complexity index is 1180. The number of amides is 1. The van der Waals surface area contributed by atoms with Crippen molar-refractivity contribution in [3.8, 4) is 11.5 Å². The molecule has 3 aromatic carbocycles. The normalized spacial score (nSPS) is 10.2. The Morgan fingerprint density at radius 2 is 1.64 bits per heavy atom. The van der Waals surface area contributed by atoms with E-state index in [0.29, 0.717) is 5.56 Å². The van der Waals surface area contributed by atoms with Crippen LogP contribution in [0, 0.1) is 10.1 Å². The number of hydrogen-bond acceptors (Lipinski definition) is 7. The van der Waals surface area contributed by atoms with E-state index in [0.717, 1.165) is 0 Å². The topological polar surface area (TPSA) is 125 Å². The number of nitrogens with one attached hydrogen (secondary N) is 1. The summed E-state index contributed by atoms with van der Waals surface area (Å²) in [5.74, 6) is -1.41. The summed E-state index contributed by atoms with van der Waals surface area (Å²) < 4.78 is 10.4. The van der Waals surface area contributed by atoms with Gasteiger partial charge in [0.2, 0.25) is 5.75 Å². The van der Waals surface area contributed by atoms with E-state index in [1.54, 1.807) is 30.3 Å². The largest absolute Gasteiger partial charge is 0.456 e. The van der Waals surface area contributed by atoms with Gasteiger partial charge in [-0.2, -0.15) is 0 Å². The minimum Gasteiger partial charge on any atom is -0.456 e. The average Bonchev–Trinajstić information content (AvgIpc) is 2.83. The lowest BCUT2D eigenvalue weighted by molar-refractivity contribution is -0.385. The molecule has 0 atom stereocenters. The number of carbonyl (C=O) groups is 3. The minimum absolute atomic E-state index is 0.00467. The van der Waals surface area contributed by atoms with Gasteiger partial charge in [-0.3, -0.25) is 24.5 Å². The summed E-state index contributed by atoms with van der Waals surface area (Å²) in [7, 11) is 0. The molecule has 10 heteroatoms. The SMILES string of the molecule is O=C(CNC(=O)c1ccccc1)OCC(=O)c1ccc(Oc2ccc(Cl)cc2[N+](=O)[O-])cc1. The van der Waals surface area contributed by atoms with Gasteiger partial charge in [0.1, 0.15) is 12.3 Å². The van der Waals surface area contributed by atoms with Crippen molar-refractivity contribution in [1.29, 1.82) is 0 Å². The summed E-state index contributed by atoms with van der Waals surface area (Å²) in [4.78, 5) is 46.5. The molecule has 0 saturated heterocycles. The Morgan fingerprint density at radius 1 is 0.939 bits per heavy atom. The van der Waals surface area contributed by atoms with E-state index in [1.807, 2.05) is 0 Å². The van der Waals surface area contributed by atoms with Crippen molar-refractivity contribution in [2.75, 3.05) is 13.2 Å². The molecule has 0 bridgehead atoms. The van der Waals surface area contributed by atoms with Gasteiger partial charge in [-0.25, -0.2) is 0 Å². The first-order valence-electron chi connectivity index (χ1n) is 9.57. The molecule has 1 N–H and O–H groups in total. The first-order chi connectivity index (χ1) is 15.8. The molecule has 0 fully saturated rings. The third-order valence-electron chi connectivity index (χ3n) is 4.32. The summed E-state index contributed by atoms with van der Waals surface area (Å²) in [6.07, 6.45) is 0. The zero-order valence-corrected chi connectivity index (χ0v) is 17.8. The van der Waals surface area contributed by atoms with Crippen molar-refractivity contribution in [3.63, 3.8) is 0 Å². The van der Waals surface area contributed by atoms with Gasteiger partial charge in [0.25, 0.3) is 5.91 Å². The lowest BCUT2D eigenvalue weighted by Gasteiger charge is -2.08. The van der Waals surface area contributed by atoms with Gasteiger partial charge in [0.05, 0.1) is 4.92 Å². The maximum absolute atomic E-state index is 12.2. The lowest BCUT2D eigenvalue weighted by Crippen LogP contribution is -2.31. The summed E-state index contributed by atoms with van der Waals surface area (Å²) in [5.41, 5.74) is 0.343. The number of rotatable bonds is 9.